The second kappa shape index (κ2) is 5.01. The van der Waals surface area contributed by atoms with Crippen LogP contribution in [0.25, 0.3) is 11.0 Å². The van der Waals surface area contributed by atoms with Gasteiger partial charge < -0.3 is 9.15 Å². The van der Waals surface area contributed by atoms with E-state index < -0.39 is 0 Å². The molecule has 0 radical (unpaired) electrons. The summed E-state index contributed by atoms with van der Waals surface area (Å²) in [4.78, 5) is 11.4. The minimum absolute atomic E-state index is 0.0461. The molecule has 1 aliphatic rings. The summed E-state index contributed by atoms with van der Waals surface area (Å²) in [7, 11) is 0. The number of hydrogen-bond acceptors (Lipinski definition) is 4. The minimum atomic E-state index is -0.358. The number of aryl methyl sites for hydroxylation is 1. The Morgan fingerprint density at radius 3 is 3.00 bits per heavy atom. The van der Waals surface area contributed by atoms with E-state index in [2.05, 4.69) is 6.07 Å². The molecule has 0 amide bonds. The van der Waals surface area contributed by atoms with Crippen molar-refractivity contribution >= 4 is 11.0 Å². The van der Waals surface area contributed by atoms with Crippen LogP contribution in [0, 0.1) is 24.2 Å². The van der Waals surface area contributed by atoms with Gasteiger partial charge in [-0.05, 0) is 43.9 Å². The smallest absolute Gasteiger partial charge is 0.336 e. The Hall–Kier alpha value is -2.28. The standard InChI is InChI=1S/C16H15NO3/c1-10-7-16(18)20-15-8-12(5-6-13(10)15)19-14-4-2-3-11(14)9-17/h5-8,11,14H,2-4H2,1H3. The number of rotatable bonds is 2. The van der Waals surface area contributed by atoms with Gasteiger partial charge >= 0.3 is 5.63 Å². The van der Waals surface area contributed by atoms with Crippen LogP contribution in [-0.4, -0.2) is 6.10 Å². The monoisotopic (exact) mass is 269 g/mol. The lowest BCUT2D eigenvalue weighted by Crippen LogP contribution is -2.20. The highest BCUT2D eigenvalue weighted by Crippen LogP contribution is 2.30. The van der Waals surface area contributed by atoms with Crippen LogP contribution in [0.3, 0.4) is 0 Å². The summed E-state index contributed by atoms with van der Waals surface area (Å²) in [6.07, 6.45) is 2.75. The SMILES string of the molecule is Cc1cc(=O)oc2cc(OC3CCCC3C#N)ccc12. The van der Waals surface area contributed by atoms with Gasteiger partial charge in [-0.25, -0.2) is 4.79 Å². The van der Waals surface area contributed by atoms with E-state index in [1.54, 1.807) is 6.07 Å². The number of nitrogens with zero attached hydrogens (tertiary/aromatic N) is 1. The zero-order valence-electron chi connectivity index (χ0n) is 11.3. The van der Waals surface area contributed by atoms with Crippen LogP contribution < -0.4 is 10.4 Å². The zero-order chi connectivity index (χ0) is 14.1. The zero-order valence-corrected chi connectivity index (χ0v) is 11.3. The molecule has 0 aliphatic heterocycles. The van der Waals surface area contributed by atoms with Crippen molar-refractivity contribution in [2.75, 3.05) is 0 Å². The Balaban J connectivity index is 1.93. The number of ether oxygens (including phenoxy) is 1. The predicted octanol–water partition coefficient (Wildman–Crippen LogP) is 3.17. The molecule has 0 bridgehead atoms. The molecule has 1 aliphatic carbocycles. The Bertz CT molecular complexity index is 741. The number of fused-ring (bicyclic) bond motifs is 1. The first kappa shape index (κ1) is 12.7. The normalized spacial score (nSPS) is 21.8. The van der Waals surface area contributed by atoms with E-state index in [1.165, 1.54) is 6.07 Å². The fraction of sp³-hybridized carbons (Fsp3) is 0.375. The summed E-state index contributed by atoms with van der Waals surface area (Å²) in [5.74, 6) is 0.605. The fourth-order valence-electron chi connectivity index (χ4n) is 2.77. The van der Waals surface area contributed by atoms with E-state index in [1.807, 2.05) is 19.1 Å². The Morgan fingerprint density at radius 1 is 1.35 bits per heavy atom. The highest BCUT2D eigenvalue weighted by molar-refractivity contribution is 5.81. The highest BCUT2D eigenvalue weighted by Gasteiger charge is 2.28. The van der Waals surface area contributed by atoms with Crippen molar-refractivity contribution in [1.29, 1.82) is 5.26 Å². The molecule has 0 N–H and O–H groups in total. The van der Waals surface area contributed by atoms with Crippen LogP contribution in [0.4, 0.5) is 0 Å². The molecule has 3 rings (SSSR count). The van der Waals surface area contributed by atoms with Gasteiger partial charge in [-0.1, -0.05) is 0 Å². The molecule has 1 saturated carbocycles. The second-order valence-corrected chi connectivity index (χ2v) is 5.23. The summed E-state index contributed by atoms with van der Waals surface area (Å²) in [5, 5.41) is 9.97. The van der Waals surface area contributed by atoms with E-state index in [-0.39, 0.29) is 17.6 Å². The molecular weight excluding hydrogens is 254 g/mol. The summed E-state index contributed by atoms with van der Waals surface area (Å²) >= 11 is 0. The van der Waals surface area contributed by atoms with Gasteiger partial charge in [0.25, 0.3) is 0 Å². The molecule has 0 saturated heterocycles. The van der Waals surface area contributed by atoms with Gasteiger partial charge in [0.2, 0.25) is 0 Å². The molecule has 1 aromatic heterocycles. The van der Waals surface area contributed by atoms with Crippen molar-refractivity contribution in [1.82, 2.24) is 0 Å². The molecule has 20 heavy (non-hydrogen) atoms. The topological polar surface area (TPSA) is 63.2 Å². The van der Waals surface area contributed by atoms with E-state index >= 15 is 0 Å². The Kier molecular flexibility index (Phi) is 3.19. The molecular formula is C16H15NO3. The largest absolute Gasteiger partial charge is 0.489 e. The van der Waals surface area contributed by atoms with E-state index in [0.29, 0.717) is 11.3 Å². The van der Waals surface area contributed by atoms with Crippen molar-refractivity contribution in [3.05, 3.63) is 40.2 Å². The average Bonchev–Trinajstić information content (AvgIpc) is 2.85. The molecule has 2 unspecified atom stereocenters. The molecule has 2 atom stereocenters. The van der Waals surface area contributed by atoms with E-state index in [9.17, 15) is 4.79 Å². The van der Waals surface area contributed by atoms with Crippen molar-refractivity contribution < 1.29 is 9.15 Å². The van der Waals surface area contributed by atoms with Gasteiger partial charge in [0.05, 0.1) is 12.0 Å². The van der Waals surface area contributed by atoms with Crippen molar-refractivity contribution in [3.8, 4) is 11.8 Å². The van der Waals surface area contributed by atoms with E-state index in [4.69, 9.17) is 14.4 Å². The lowest BCUT2D eigenvalue weighted by molar-refractivity contribution is 0.182. The van der Waals surface area contributed by atoms with Crippen molar-refractivity contribution in [2.45, 2.75) is 32.3 Å². The van der Waals surface area contributed by atoms with Crippen molar-refractivity contribution in [2.24, 2.45) is 5.92 Å². The van der Waals surface area contributed by atoms with Gasteiger partial charge in [-0.3, -0.25) is 0 Å². The predicted molar refractivity (Wildman–Crippen MR) is 74.6 cm³/mol. The molecule has 4 heteroatoms. The quantitative estimate of drug-likeness (QED) is 0.785. The maximum absolute atomic E-state index is 11.4. The maximum Gasteiger partial charge on any atom is 0.336 e. The van der Waals surface area contributed by atoms with Gasteiger partial charge in [0, 0.05) is 17.5 Å². The number of hydrogen-bond donors (Lipinski definition) is 0. The third kappa shape index (κ3) is 2.27. The molecule has 0 spiro atoms. The molecule has 4 nitrogen and oxygen atoms in total. The molecule has 102 valence electrons. The Labute approximate surface area is 116 Å². The highest BCUT2D eigenvalue weighted by atomic mass is 16.5. The van der Waals surface area contributed by atoms with Gasteiger partial charge in [0.1, 0.15) is 17.4 Å². The third-order valence-corrected chi connectivity index (χ3v) is 3.83. The molecule has 1 aromatic carbocycles. The first-order chi connectivity index (χ1) is 9.67. The lowest BCUT2D eigenvalue weighted by Gasteiger charge is -2.16. The van der Waals surface area contributed by atoms with Crippen LogP contribution in [0.5, 0.6) is 5.75 Å². The fourth-order valence-corrected chi connectivity index (χ4v) is 2.77. The third-order valence-electron chi connectivity index (χ3n) is 3.83. The summed E-state index contributed by atoms with van der Waals surface area (Å²) < 4.78 is 11.1. The minimum Gasteiger partial charge on any atom is -0.489 e. The van der Waals surface area contributed by atoms with Gasteiger partial charge in [-0.15, -0.1) is 0 Å². The average molecular weight is 269 g/mol. The van der Waals surface area contributed by atoms with Crippen LogP contribution in [0.2, 0.25) is 0 Å². The first-order valence-electron chi connectivity index (χ1n) is 6.78. The van der Waals surface area contributed by atoms with Gasteiger partial charge in [0.15, 0.2) is 0 Å². The van der Waals surface area contributed by atoms with Crippen LogP contribution in [-0.2, 0) is 0 Å². The summed E-state index contributed by atoms with van der Waals surface area (Å²) in [6.45, 7) is 1.88. The maximum atomic E-state index is 11.4. The van der Waals surface area contributed by atoms with Crippen LogP contribution in [0.15, 0.2) is 33.5 Å². The van der Waals surface area contributed by atoms with Crippen molar-refractivity contribution in [3.63, 3.8) is 0 Å². The number of benzene rings is 1. The molecule has 2 aromatic rings. The molecule has 1 fully saturated rings. The first-order valence-corrected chi connectivity index (χ1v) is 6.78. The molecule has 1 heterocycles. The summed E-state index contributed by atoms with van der Waals surface area (Å²) in [6, 6.07) is 9.25. The Morgan fingerprint density at radius 2 is 2.20 bits per heavy atom. The second-order valence-electron chi connectivity index (χ2n) is 5.23. The van der Waals surface area contributed by atoms with Gasteiger partial charge in [-0.2, -0.15) is 5.26 Å². The number of nitriles is 1. The lowest BCUT2D eigenvalue weighted by atomic mass is 10.1. The van der Waals surface area contributed by atoms with Crippen LogP contribution >= 0.6 is 0 Å². The van der Waals surface area contributed by atoms with E-state index in [0.717, 1.165) is 30.2 Å². The van der Waals surface area contributed by atoms with Crippen LogP contribution in [0.1, 0.15) is 24.8 Å². The summed E-state index contributed by atoms with van der Waals surface area (Å²) in [5.41, 5.74) is 1.06.